The largest absolute Gasteiger partial charge is 0.159 e. The molecule has 0 fully saturated rings. The highest BCUT2D eigenvalue weighted by atomic mass is 15.1. The lowest BCUT2D eigenvalue weighted by Gasteiger charge is -1.95. The van der Waals surface area contributed by atoms with Crippen LogP contribution in [0, 0.1) is 0 Å². The van der Waals surface area contributed by atoms with E-state index < -0.39 is 0 Å². The van der Waals surface area contributed by atoms with Crippen molar-refractivity contribution in [2.75, 3.05) is 0 Å². The summed E-state index contributed by atoms with van der Waals surface area (Å²) in [6.45, 7) is 0. The first kappa shape index (κ1) is 6.98. The van der Waals surface area contributed by atoms with E-state index in [0.29, 0.717) is 0 Å². The minimum atomic E-state index is 0.907. The lowest BCUT2D eigenvalue weighted by molar-refractivity contribution is 1.16. The Bertz CT molecular complexity index is 316. The first-order valence-corrected chi connectivity index (χ1v) is 3.80. The number of allylic oxidation sites excluding steroid dienone is 7. The zero-order chi connectivity index (χ0) is 8.23. The van der Waals surface area contributed by atoms with Crippen molar-refractivity contribution in [2.24, 2.45) is 10.2 Å². The fourth-order valence-corrected chi connectivity index (χ4v) is 1.06. The van der Waals surface area contributed by atoms with E-state index >= 15 is 0 Å². The van der Waals surface area contributed by atoms with Crippen LogP contribution in [0.4, 0.5) is 0 Å². The van der Waals surface area contributed by atoms with Crippen molar-refractivity contribution in [3.63, 3.8) is 0 Å². The monoisotopic (exact) mass is 156 g/mol. The molecule has 0 N–H and O–H groups in total. The van der Waals surface area contributed by atoms with Crippen molar-refractivity contribution in [2.45, 2.75) is 0 Å². The van der Waals surface area contributed by atoms with E-state index in [0.717, 1.165) is 11.3 Å². The van der Waals surface area contributed by atoms with Crippen LogP contribution in [0.15, 0.2) is 70.2 Å². The molecule has 0 spiro atoms. The summed E-state index contributed by atoms with van der Waals surface area (Å²) in [6, 6.07) is 0. The minimum absolute atomic E-state index is 0.907. The third-order valence-electron chi connectivity index (χ3n) is 1.64. The summed E-state index contributed by atoms with van der Waals surface area (Å²) in [5.41, 5.74) is 2.00. The lowest BCUT2D eigenvalue weighted by atomic mass is 10.2. The Morgan fingerprint density at radius 3 is 2.92 bits per heavy atom. The van der Waals surface area contributed by atoms with Crippen LogP contribution < -0.4 is 0 Å². The van der Waals surface area contributed by atoms with Gasteiger partial charge in [0.2, 0.25) is 0 Å². The van der Waals surface area contributed by atoms with Crippen LogP contribution in [-0.4, -0.2) is 0 Å². The zero-order valence-corrected chi connectivity index (χ0v) is 6.51. The van der Waals surface area contributed by atoms with Crippen LogP contribution >= 0.6 is 0 Å². The maximum atomic E-state index is 4.03. The highest BCUT2D eigenvalue weighted by molar-refractivity contribution is 5.46. The molecule has 2 heteroatoms. The van der Waals surface area contributed by atoms with Gasteiger partial charge in [-0.25, -0.2) is 0 Å². The summed E-state index contributed by atoms with van der Waals surface area (Å²) < 4.78 is 0. The first-order valence-electron chi connectivity index (χ1n) is 3.80. The molecule has 12 heavy (non-hydrogen) atoms. The number of fused-ring (bicyclic) bond motifs is 1. The molecule has 0 aromatic heterocycles. The van der Waals surface area contributed by atoms with E-state index in [-0.39, 0.29) is 0 Å². The summed E-state index contributed by atoms with van der Waals surface area (Å²) in [4.78, 5) is 0. The predicted octanol–water partition coefficient (Wildman–Crippen LogP) is 2.90. The summed E-state index contributed by atoms with van der Waals surface area (Å²) in [5.74, 6) is 0. The smallest absolute Gasteiger partial charge is 0.0929 e. The fraction of sp³-hybridized carbons (Fsp3) is 0. The van der Waals surface area contributed by atoms with Crippen molar-refractivity contribution in [3.8, 4) is 0 Å². The van der Waals surface area contributed by atoms with Gasteiger partial charge in [-0.05, 0) is 12.2 Å². The van der Waals surface area contributed by atoms with Gasteiger partial charge >= 0.3 is 0 Å². The van der Waals surface area contributed by atoms with Crippen molar-refractivity contribution in [1.29, 1.82) is 0 Å². The quantitative estimate of drug-likeness (QED) is 0.515. The molecule has 0 aromatic rings. The van der Waals surface area contributed by atoms with Gasteiger partial charge < -0.3 is 0 Å². The van der Waals surface area contributed by atoms with Crippen molar-refractivity contribution >= 4 is 0 Å². The Morgan fingerprint density at radius 2 is 1.92 bits per heavy atom. The van der Waals surface area contributed by atoms with Crippen LogP contribution in [0.1, 0.15) is 0 Å². The molecular weight excluding hydrogens is 148 g/mol. The van der Waals surface area contributed by atoms with Crippen molar-refractivity contribution < 1.29 is 0 Å². The molecular formula is C10H8N2. The average molecular weight is 156 g/mol. The van der Waals surface area contributed by atoms with Gasteiger partial charge in [-0.3, -0.25) is 0 Å². The lowest BCUT2D eigenvalue weighted by Crippen LogP contribution is -1.78. The molecule has 0 radical (unpaired) electrons. The van der Waals surface area contributed by atoms with Crippen LogP contribution in [0.5, 0.6) is 0 Å². The van der Waals surface area contributed by atoms with E-state index in [9.17, 15) is 0 Å². The van der Waals surface area contributed by atoms with Gasteiger partial charge in [0.1, 0.15) is 0 Å². The third-order valence-corrected chi connectivity index (χ3v) is 1.64. The maximum Gasteiger partial charge on any atom is 0.0929 e. The second kappa shape index (κ2) is 3.13. The number of hydrogen-bond acceptors (Lipinski definition) is 2. The SMILES string of the molecule is C1=CC=C2N=NC=CC=C2C=C1. The molecule has 0 unspecified atom stereocenters. The predicted molar refractivity (Wildman–Crippen MR) is 48.4 cm³/mol. The molecule has 0 saturated carbocycles. The molecule has 0 saturated heterocycles. The molecule has 0 atom stereocenters. The van der Waals surface area contributed by atoms with E-state index in [2.05, 4.69) is 10.2 Å². The Balaban J connectivity index is 2.49. The van der Waals surface area contributed by atoms with Gasteiger partial charge in [-0.15, -0.1) is 0 Å². The Morgan fingerprint density at radius 1 is 0.917 bits per heavy atom. The minimum Gasteiger partial charge on any atom is -0.159 e. The van der Waals surface area contributed by atoms with E-state index in [1.54, 1.807) is 6.20 Å². The normalized spacial score (nSPS) is 19.3. The molecule has 0 amide bonds. The Hall–Kier alpha value is -1.70. The van der Waals surface area contributed by atoms with Crippen molar-refractivity contribution in [3.05, 3.63) is 60.0 Å². The molecule has 2 aliphatic rings. The van der Waals surface area contributed by atoms with Crippen LogP contribution in [0.2, 0.25) is 0 Å². The Kier molecular flexibility index (Phi) is 1.82. The van der Waals surface area contributed by atoms with Crippen LogP contribution in [0.25, 0.3) is 0 Å². The average Bonchev–Trinajstić information content (AvgIpc) is 2.38. The van der Waals surface area contributed by atoms with E-state index in [1.807, 2.05) is 42.5 Å². The topological polar surface area (TPSA) is 24.7 Å². The van der Waals surface area contributed by atoms with Crippen LogP contribution in [-0.2, 0) is 0 Å². The third kappa shape index (κ3) is 1.32. The van der Waals surface area contributed by atoms with Gasteiger partial charge in [0.05, 0.1) is 5.70 Å². The zero-order valence-electron chi connectivity index (χ0n) is 6.51. The molecule has 58 valence electrons. The van der Waals surface area contributed by atoms with E-state index in [1.165, 1.54) is 0 Å². The van der Waals surface area contributed by atoms with E-state index in [4.69, 9.17) is 0 Å². The molecule has 1 aliphatic carbocycles. The maximum absolute atomic E-state index is 4.03. The number of azo groups is 1. The fourth-order valence-electron chi connectivity index (χ4n) is 1.06. The standard InChI is InChI=1S/C10H8N2/c1-2-5-9-6-4-8-11-12-10(9)7-3-1/h1-8H. The summed E-state index contributed by atoms with van der Waals surface area (Å²) >= 11 is 0. The highest BCUT2D eigenvalue weighted by Gasteiger charge is 2.01. The van der Waals surface area contributed by atoms with Gasteiger partial charge in [0.15, 0.2) is 0 Å². The van der Waals surface area contributed by atoms with Gasteiger partial charge in [-0.2, -0.15) is 10.2 Å². The van der Waals surface area contributed by atoms with Crippen molar-refractivity contribution in [1.82, 2.24) is 0 Å². The summed E-state index contributed by atoms with van der Waals surface area (Å²) in [7, 11) is 0. The molecule has 0 aromatic carbocycles. The molecule has 0 bridgehead atoms. The number of rotatable bonds is 0. The second-order valence-corrected chi connectivity index (χ2v) is 2.47. The second-order valence-electron chi connectivity index (χ2n) is 2.47. The molecule has 1 aliphatic heterocycles. The molecule has 1 heterocycles. The Labute approximate surface area is 71.0 Å². The first-order chi connectivity index (χ1) is 5.97. The summed E-state index contributed by atoms with van der Waals surface area (Å²) in [5, 5.41) is 7.89. The molecule has 2 nitrogen and oxygen atoms in total. The number of hydrogen-bond donors (Lipinski definition) is 0. The summed E-state index contributed by atoms with van der Waals surface area (Å²) in [6.07, 6.45) is 15.4. The highest BCUT2D eigenvalue weighted by Crippen LogP contribution is 2.18. The van der Waals surface area contributed by atoms with Gasteiger partial charge in [0, 0.05) is 11.8 Å². The van der Waals surface area contributed by atoms with Crippen LogP contribution in [0.3, 0.4) is 0 Å². The van der Waals surface area contributed by atoms with Gasteiger partial charge in [0.25, 0.3) is 0 Å². The molecule has 2 rings (SSSR count). The number of nitrogens with zero attached hydrogens (tertiary/aromatic N) is 2. The van der Waals surface area contributed by atoms with Gasteiger partial charge in [-0.1, -0.05) is 30.4 Å².